The van der Waals surface area contributed by atoms with Gasteiger partial charge in [-0.25, -0.2) is 0 Å². The van der Waals surface area contributed by atoms with Crippen LogP contribution < -0.4 is 5.32 Å². The van der Waals surface area contributed by atoms with E-state index in [1.807, 2.05) is 22.7 Å². The van der Waals surface area contributed by atoms with Crippen molar-refractivity contribution in [1.29, 1.82) is 0 Å². The summed E-state index contributed by atoms with van der Waals surface area (Å²) in [7, 11) is 0. The zero-order chi connectivity index (χ0) is 12.4. The molecule has 0 saturated carbocycles. The molecule has 2 aromatic rings. The summed E-state index contributed by atoms with van der Waals surface area (Å²) in [4.78, 5) is 2.82. The molecule has 1 atom stereocenters. The highest BCUT2D eigenvalue weighted by atomic mass is 127. The van der Waals surface area contributed by atoms with Crippen molar-refractivity contribution in [3.05, 3.63) is 41.3 Å². The van der Waals surface area contributed by atoms with E-state index in [2.05, 4.69) is 66.2 Å². The monoisotopic (exact) mass is 377 g/mol. The quantitative estimate of drug-likeness (QED) is 0.760. The molecule has 2 rings (SSSR count). The Balaban J connectivity index is 2.38. The fraction of sp³-hybridized carbons (Fsp3) is 0.385. The van der Waals surface area contributed by atoms with E-state index in [0.29, 0.717) is 6.04 Å². The van der Waals surface area contributed by atoms with Gasteiger partial charge in [-0.3, -0.25) is 0 Å². The summed E-state index contributed by atoms with van der Waals surface area (Å²) in [5, 5.41) is 5.86. The molecule has 2 heterocycles. The third-order valence-corrected chi connectivity index (χ3v) is 5.51. The number of halogens is 1. The molecule has 1 nitrogen and oxygen atoms in total. The van der Waals surface area contributed by atoms with Crippen molar-refractivity contribution in [3.8, 4) is 0 Å². The molecule has 0 radical (unpaired) electrons. The zero-order valence-electron chi connectivity index (χ0n) is 10.2. The molecule has 0 aliphatic carbocycles. The fourth-order valence-electron chi connectivity index (χ4n) is 2.02. The first-order chi connectivity index (χ1) is 8.11. The molecule has 0 fully saturated rings. The summed E-state index contributed by atoms with van der Waals surface area (Å²) in [6.45, 7) is 7.56. The Kier molecular flexibility index (Phi) is 4.63. The van der Waals surface area contributed by atoms with E-state index in [4.69, 9.17) is 0 Å². The molecule has 2 aromatic heterocycles. The lowest BCUT2D eigenvalue weighted by Crippen LogP contribution is -2.21. The second kappa shape index (κ2) is 5.82. The molecule has 0 amide bonds. The van der Waals surface area contributed by atoms with Crippen LogP contribution in [0.2, 0.25) is 0 Å². The van der Waals surface area contributed by atoms with E-state index in [1.54, 1.807) is 0 Å². The van der Waals surface area contributed by atoms with Crippen LogP contribution in [0.3, 0.4) is 0 Å². The molecule has 1 unspecified atom stereocenters. The smallest absolute Gasteiger partial charge is 0.0656 e. The predicted octanol–water partition coefficient (Wildman–Crippen LogP) is 4.73. The van der Waals surface area contributed by atoms with Crippen LogP contribution in [0, 0.1) is 16.7 Å². The van der Waals surface area contributed by atoms with Gasteiger partial charge in [0.1, 0.15) is 0 Å². The van der Waals surface area contributed by atoms with Crippen molar-refractivity contribution < 1.29 is 0 Å². The van der Waals surface area contributed by atoms with Gasteiger partial charge in [0.15, 0.2) is 0 Å². The van der Waals surface area contributed by atoms with Gasteiger partial charge in [-0.15, -0.1) is 22.7 Å². The van der Waals surface area contributed by atoms with Crippen LogP contribution in [-0.4, -0.2) is 6.54 Å². The average Bonchev–Trinajstić information content (AvgIpc) is 2.82. The summed E-state index contributed by atoms with van der Waals surface area (Å²) >= 11 is 6.09. The van der Waals surface area contributed by atoms with E-state index < -0.39 is 0 Å². The minimum absolute atomic E-state index is 0.352. The fourth-order valence-corrected chi connectivity index (χ4v) is 4.38. The lowest BCUT2D eigenvalue weighted by atomic mass is 10.0. The second-order valence-electron chi connectivity index (χ2n) is 4.04. The van der Waals surface area contributed by atoms with E-state index in [-0.39, 0.29) is 0 Å². The summed E-state index contributed by atoms with van der Waals surface area (Å²) in [6.07, 6.45) is 0. The zero-order valence-corrected chi connectivity index (χ0v) is 14.0. The maximum atomic E-state index is 3.59. The number of rotatable bonds is 4. The molecule has 17 heavy (non-hydrogen) atoms. The largest absolute Gasteiger partial charge is 0.306 e. The minimum atomic E-state index is 0.352. The first-order valence-corrected chi connectivity index (χ1v) is 8.43. The maximum Gasteiger partial charge on any atom is 0.0656 e. The Morgan fingerprint density at radius 2 is 2.12 bits per heavy atom. The van der Waals surface area contributed by atoms with E-state index in [1.165, 1.54) is 23.8 Å². The van der Waals surface area contributed by atoms with E-state index in [0.717, 1.165) is 6.54 Å². The van der Waals surface area contributed by atoms with Gasteiger partial charge in [-0.2, -0.15) is 0 Å². The first-order valence-electron chi connectivity index (χ1n) is 5.66. The number of nitrogens with one attached hydrogen (secondary N) is 1. The minimum Gasteiger partial charge on any atom is -0.306 e. The average molecular weight is 377 g/mol. The van der Waals surface area contributed by atoms with E-state index >= 15 is 0 Å². The second-order valence-corrected chi connectivity index (χ2v) is 8.31. The van der Waals surface area contributed by atoms with Gasteiger partial charge in [0.25, 0.3) is 0 Å². The highest BCUT2D eigenvalue weighted by Gasteiger charge is 2.18. The van der Waals surface area contributed by atoms with Crippen molar-refractivity contribution >= 4 is 45.3 Å². The normalized spacial score (nSPS) is 12.9. The number of hydrogen-bond donors (Lipinski definition) is 1. The number of hydrogen-bond acceptors (Lipinski definition) is 3. The summed E-state index contributed by atoms with van der Waals surface area (Å²) in [5.41, 5.74) is 2.82. The molecule has 0 bridgehead atoms. The molecule has 0 aliphatic rings. The van der Waals surface area contributed by atoms with Crippen molar-refractivity contribution in [3.63, 3.8) is 0 Å². The van der Waals surface area contributed by atoms with Crippen LogP contribution >= 0.6 is 45.3 Å². The Hall–Kier alpha value is 0.0900. The summed E-state index contributed by atoms with van der Waals surface area (Å²) in [5.74, 6) is 0. The number of aryl methyl sites for hydroxylation is 2. The van der Waals surface area contributed by atoms with Gasteiger partial charge in [-0.05, 0) is 71.6 Å². The SMILES string of the molecule is CCNC(c1csc(I)c1)c1cc(C)sc1C. The van der Waals surface area contributed by atoms with Gasteiger partial charge in [0, 0.05) is 9.75 Å². The molecular weight excluding hydrogens is 361 g/mol. The predicted molar refractivity (Wildman–Crippen MR) is 86.3 cm³/mol. The Bertz CT molecular complexity index is 501. The lowest BCUT2D eigenvalue weighted by Gasteiger charge is -2.16. The lowest BCUT2D eigenvalue weighted by molar-refractivity contribution is 0.631. The summed E-state index contributed by atoms with van der Waals surface area (Å²) < 4.78 is 1.35. The van der Waals surface area contributed by atoms with Gasteiger partial charge < -0.3 is 5.32 Å². The van der Waals surface area contributed by atoms with Gasteiger partial charge in [0.05, 0.1) is 8.93 Å². The Morgan fingerprint density at radius 3 is 2.59 bits per heavy atom. The molecule has 0 spiro atoms. The highest BCUT2D eigenvalue weighted by Crippen LogP contribution is 2.32. The van der Waals surface area contributed by atoms with Crippen LogP contribution in [0.1, 0.15) is 33.8 Å². The van der Waals surface area contributed by atoms with Crippen LogP contribution in [0.15, 0.2) is 17.5 Å². The van der Waals surface area contributed by atoms with Gasteiger partial charge in [0.2, 0.25) is 0 Å². The van der Waals surface area contributed by atoms with Crippen LogP contribution in [0.5, 0.6) is 0 Å². The third-order valence-electron chi connectivity index (χ3n) is 2.72. The third kappa shape index (κ3) is 3.10. The molecule has 0 aliphatic heterocycles. The molecule has 1 N–H and O–H groups in total. The molecule has 0 aromatic carbocycles. The summed E-state index contributed by atoms with van der Waals surface area (Å²) in [6, 6.07) is 4.95. The van der Waals surface area contributed by atoms with Crippen LogP contribution in [0.25, 0.3) is 0 Å². The highest BCUT2D eigenvalue weighted by molar-refractivity contribution is 14.1. The number of thiophene rings is 2. The Labute approximate surface area is 124 Å². The van der Waals surface area contributed by atoms with Crippen molar-refractivity contribution in [2.24, 2.45) is 0 Å². The van der Waals surface area contributed by atoms with Gasteiger partial charge >= 0.3 is 0 Å². The van der Waals surface area contributed by atoms with Gasteiger partial charge in [-0.1, -0.05) is 6.92 Å². The van der Waals surface area contributed by atoms with Crippen molar-refractivity contribution in [2.75, 3.05) is 6.54 Å². The van der Waals surface area contributed by atoms with E-state index in [9.17, 15) is 0 Å². The Morgan fingerprint density at radius 1 is 1.35 bits per heavy atom. The molecule has 92 valence electrons. The van der Waals surface area contributed by atoms with Crippen LogP contribution in [-0.2, 0) is 0 Å². The standard InChI is InChI=1S/C13H16INS2/c1-4-15-13(10-6-12(14)16-7-10)11-5-8(2)17-9(11)3/h5-7,13,15H,4H2,1-3H3. The van der Waals surface area contributed by atoms with Crippen molar-refractivity contribution in [1.82, 2.24) is 5.32 Å². The van der Waals surface area contributed by atoms with Crippen LogP contribution in [0.4, 0.5) is 0 Å². The molecule has 4 heteroatoms. The van der Waals surface area contributed by atoms with Crippen molar-refractivity contribution in [2.45, 2.75) is 26.8 Å². The molecule has 0 saturated heterocycles. The first kappa shape index (κ1) is 13.5. The maximum absolute atomic E-state index is 3.59. The molecular formula is C13H16INS2. The topological polar surface area (TPSA) is 12.0 Å².